The Morgan fingerprint density at radius 1 is 0.810 bits per heavy atom. The first kappa shape index (κ1) is 13.8. The lowest BCUT2D eigenvalue weighted by molar-refractivity contribution is 0.580. The lowest BCUT2D eigenvalue weighted by atomic mass is 10.1. The summed E-state index contributed by atoms with van der Waals surface area (Å²) in [6, 6.07) is 20.6. The van der Waals surface area contributed by atoms with Gasteiger partial charge in [-0.05, 0) is 5.56 Å². The van der Waals surface area contributed by atoms with E-state index >= 15 is 0 Å². The van der Waals surface area contributed by atoms with Gasteiger partial charge >= 0.3 is 0 Å². The highest BCUT2D eigenvalue weighted by molar-refractivity contribution is 9.08. The van der Waals surface area contributed by atoms with Gasteiger partial charge in [-0.1, -0.05) is 70.5 Å². The molecule has 0 saturated heterocycles. The smallest absolute Gasteiger partial charge is 0.186 e. The second kappa shape index (κ2) is 6.10. The van der Waals surface area contributed by atoms with E-state index in [1.54, 1.807) is 0 Å². The molecule has 0 aliphatic carbocycles. The van der Waals surface area contributed by atoms with Crippen LogP contribution in [-0.4, -0.2) is 0 Å². The van der Waals surface area contributed by atoms with Gasteiger partial charge in [0.15, 0.2) is 5.43 Å². The summed E-state index contributed by atoms with van der Waals surface area (Å²) in [5.41, 5.74) is 2.92. The quantitative estimate of drug-likeness (QED) is 0.636. The van der Waals surface area contributed by atoms with Crippen molar-refractivity contribution < 1.29 is 4.42 Å². The first-order valence-electron chi connectivity index (χ1n) is 6.62. The summed E-state index contributed by atoms with van der Waals surface area (Å²) >= 11 is 3.42. The van der Waals surface area contributed by atoms with Crippen molar-refractivity contribution in [3.05, 3.63) is 82.5 Å². The molecular formula is C18H13BrO2. The van der Waals surface area contributed by atoms with Crippen molar-refractivity contribution in [2.45, 2.75) is 5.33 Å². The average Bonchev–Trinajstić information content (AvgIpc) is 2.55. The van der Waals surface area contributed by atoms with Crippen LogP contribution in [-0.2, 0) is 5.33 Å². The lowest BCUT2D eigenvalue weighted by Crippen LogP contribution is -1.98. The van der Waals surface area contributed by atoms with Crippen LogP contribution in [0.25, 0.3) is 22.6 Å². The molecule has 0 bridgehead atoms. The fraction of sp³-hybridized carbons (Fsp3) is 0.0556. The Kier molecular flexibility index (Phi) is 4.02. The molecule has 0 fully saturated rings. The van der Waals surface area contributed by atoms with E-state index in [-0.39, 0.29) is 5.43 Å². The van der Waals surface area contributed by atoms with E-state index < -0.39 is 0 Å². The van der Waals surface area contributed by atoms with Crippen LogP contribution >= 0.6 is 15.9 Å². The van der Waals surface area contributed by atoms with Gasteiger partial charge in [-0.25, -0.2) is 0 Å². The van der Waals surface area contributed by atoms with Crippen LogP contribution in [0.15, 0.2) is 75.9 Å². The third kappa shape index (κ3) is 3.14. The number of benzene rings is 2. The molecule has 0 aliphatic rings. The van der Waals surface area contributed by atoms with Crippen molar-refractivity contribution in [1.82, 2.24) is 0 Å². The summed E-state index contributed by atoms with van der Waals surface area (Å²) in [6.07, 6.45) is 0. The Morgan fingerprint density at radius 3 is 1.95 bits per heavy atom. The minimum atomic E-state index is -0.0559. The average molecular weight is 341 g/mol. The van der Waals surface area contributed by atoms with Gasteiger partial charge < -0.3 is 4.42 Å². The van der Waals surface area contributed by atoms with E-state index in [0.29, 0.717) is 11.5 Å². The maximum Gasteiger partial charge on any atom is 0.186 e. The molecule has 3 heteroatoms. The first-order valence-corrected chi connectivity index (χ1v) is 7.74. The predicted octanol–water partition coefficient (Wildman–Crippen LogP) is 4.87. The van der Waals surface area contributed by atoms with Gasteiger partial charge in [0.2, 0.25) is 0 Å². The van der Waals surface area contributed by atoms with Crippen LogP contribution in [0.3, 0.4) is 0 Å². The highest BCUT2D eigenvalue weighted by Crippen LogP contribution is 2.25. The molecule has 0 aliphatic heterocycles. The summed E-state index contributed by atoms with van der Waals surface area (Å²) in [7, 11) is 0. The molecule has 0 N–H and O–H groups in total. The molecule has 0 saturated carbocycles. The van der Waals surface area contributed by atoms with E-state index in [1.165, 1.54) is 17.7 Å². The van der Waals surface area contributed by atoms with Gasteiger partial charge in [-0.15, -0.1) is 0 Å². The fourth-order valence-electron chi connectivity index (χ4n) is 2.12. The minimum Gasteiger partial charge on any atom is -0.456 e. The van der Waals surface area contributed by atoms with Crippen LogP contribution in [0.1, 0.15) is 5.56 Å². The number of halogens is 1. The van der Waals surface area contributed by atoms with Gasteiger partial charge in [-0.3, -0.25) is 4.79 Å². The van der Waals surface area contributed by atoms with E-state index in [1.807, 2.05) is 54.6 Å². The van der Waals surface area contributed by atoms with E-state index in [2.05, 4.69) is 15.9 Å². The summed E-state index contributed by atoms with van der Waals surface area (Å²) in [4.78, 5) is 11.9. The molecule has 0 unspecified atom stereocenters. The second-order valence-electron chi connectivity index (χ2n) is 4.72. The molecule has 0 amide bonds. The standard InChI is InChI=1S/C18H13BrO2/c19-12-13-6-8-15(9-7-13)18-11-16(20)10-17(21-18)14-4-2-1-3-5-14/h1-11H,12H2. The molecule has 0 spiro atoms. The highest BCUT2D eigenvalue weighted by atomic mass is 79.9. The molecule has 0 radical (unpaired) electrons. The molecule has 3 rings (SSSR count). The zero-order chi connectivity index (χ0) is 14.7. The summed E-state index contributed by atoms with van der Waals surface area (Å²) in [5.74, 6) is 1.17. The summed E-state index contributed by atoms with van der Waals surface area (Å²) in [6.45, 7) is 0. The van der Waals surface area contributed by atoms with E-state index in [0.717, 1.165) is 16.5 Å². The Hall–Kier alpha value is -2.13. The summed E-state index contributed by atoms with van der Waals surface area (Å²) in [5, 5.41) is 0.807. The van der Waals surface area contributed by atoms with Crippen molar-refractivity contribution in [3.63, 3.8) is 0 Å². The van der Waals surface area contributed by atoms with E-state index in [9.17, 15) is 4.79 Å². The van der Waals surface area contributed by atoms with Crippen molar-refractivity contribution in [2.75, 3.05) is 0 Å². The Balaban J connectivity index is 2.07. The van der Waals surface area contributed by atoms with Crippen molar-refractivity contribution >= 4 is 15.9 Å². The Morgan fingerprint density at radius 2 is 1.38 bits per heavy atom. The molecule has 2 nitrogen and oxygen atoms in total. The maximum absolute atomic E-state index is 11.9. The third-order valence-electron chi connectivity index (χ3n) is 3.22. The zero-order valence-corrected chi connectivity index (χ0v) is 12.8. The van der Waals surface area contributed by atoms with Crippen LogP contribution < -0.4 is 5.43 Å². The van der Waals surface area contributed by atoms with Gasteiger partial charge in [0.1, 0.15) is 11.5 Å². The molecule has 0 atom stereocenters. The van der Waals surface area contributed by atoms with Crippen LogP contribution in [0, 0.1) is 0 Å². The van der Waals surface area contributed by atoms with Gasteiger partial charge in [-0.2, -0.15) is 0 Å². The molecule has 3 aromatic rings. The molecule has 21 heavy (non-hydrogen) atoms. The summed E-state index contributed by atoms with van der Waals surface area (Å²) < 4.78 is 5.89. The van der Waals surface area contributed by atoms with Crippen molar-refractivity contribution in [1.29, 1.82) is 0 Å². The molecule has 1 aromatic heterocycles. The number of hydrogen-bond donors (Lipinski definition) is 0. The van der Waals surface area contributed by atoms with Gasteiger partial charge in [0.05, 0.1) is 0 Å². The maximum atomic E-state index is 11.9. The van der Waals surface area contributed by atoms with Crippen molar-refractivity contribution in [2.24, 2.45) is 0 Å². The predicted molar refractivity (Wildman–Crippen MR) is 88.5 cm³/mol. The molecule has 2 aromatic carbocycles. The topological polar surface area (TPSA) is 30.2 Å². The van der Waals surface area contributed by atoms with Gasteiger partial charge in [0, 0.05) is 28.6 Å². The lowest BCUT2D eigenvalue weighted by Gasteiger charge is -2.05. The number of hydrogen-bond acceptors (Lipinski definition) is 2. The Labute approximate surface area is 131 Å². The zero-order valence-electron chi connectivity index (χ0n) is 11.3. The van der Waals surface area contributed by atoms with E-state index in [4.69, 9.17) is 4.42 Å². The third-order valence-corrected chi connectivity index (χ3v) is 3.87. The van der Waals surface area contributed by atoms with Gasteiger partial charge in [0.25, 0.3) is 0 Å². The minimum absolute atomic E-state index is 0.0559. The van der Waals surface area contributed by atoms with Crippen LogP contribution in [0.2, 0.25) is 0 Å². The normalized spacial score (nSPS) is 10.5. The second-order valence-corrected chi connectivity index (χ2v) is 5.28. The SMILES string of the molecule is O=c1cc(-c2ccccc2)oc(-c2ccc(CBr)cc2)c1. The largest absolute Gasteiger partial charge is 0.456 e. The first-order chi connectivity index (χ1) is 10.3. The number of alkyl halides is 1. The van der Waals surface area contributed by atoms with Crippen LogP contribution in [0.4, 0.5) is 0 Å². The number of rotatable bonds is 3. The van der Waals surface area contributed by atoms with Crippen LogP contribution in [0.5, 0.6) is 0 Å². The Bertz CT molecular complexity index is 789. The molecular weight excluding hydrogens is 328 g/mol. The molecule has 1 heterocycles. The van der Waals surface area contributed by atoms with Crippen molar-refractivity contribution in [3.8, 4) is 22.6 Å². The monoisotopic (exact) mass is 340 g/mol. The molecule has 104 valence electrons. The highest BCUT2D eigenvalue weighted by Gasteiger charge is 2.07. The fourth-order valence-corrected chi connectivity index (χ4v) is 2.50.